The van der Waals surface area contributed by atoms with Gasteiger partial charge in [0.25, 0.3) is 5.91 Å². The van der Waals surface area contributed by atoms with Crippen molar-refractivity contribution in [2.24, 2.45) is 0 Å². The van der Waals surface area contributed by atoms with Crippen molar-refractivity contribution in [2.75, 3.05) is 32.1 Å². The van der Waals surface area contributed by atoms with E-state index in [9.17, 15) is 14.7 Å². The molecule has 0 aromatic carbocycles. The number of imidazole rings is 1. The molecule has 1 saturated heterocycles. The summed E-state index contributed by atoms with van der Waals surface area (Å²) in [6, 6.07) is -0.0519. The summed E-state index contributed by atoms with van der Waals surface area (Å²) in [6.07, 6.45) is 1.37. The van der Waals surface area contributed by atoms with Gasteiger partial charge in [0, 0.05) is 25.2 Å². The SMILES string of the molecule is CCc1[nH]c(C(=O)N[C@H]2CCN(c3nc(C)c(C(=O)O)s3)C[C@H]2N(C)C)nc1Cl. The number of hydrogen-bond acceptors (Lipinski definition) is 7. The van der Waals surface area contributed by atoms with Gasteiger partial charge in [-0.25, -0.2) is 14.8 Å². The normalized spacial score (nSPS) is 19.6. The number of nitrogens with zero attached hydrogens (tertiary/aromatic N) is 4. The molecule has 0 unspecified atom stereocenters. The predicted octanol–water partition coefficient (Wildman–Crippen LogP) is 2.03. The summed E-state index contributed by atoms with van der Waals surface area (Å²) in [7, 11) is 3.92. The van der Waals surface area contributed by atoms with Crippen molar-refractivity contribution >= 4 is 39.9 Å². The summed E-state index contributed by atoms with van der Waals surface area (Å²) in [5.74, 6) is -1.02. The van der Waals surface area contributed by atoms with Crippen LogP contribution in [0.2, 0.25) is 5.15 Å². The van der Waals surface area contributed by atoms with E-state index < -0.39 is 5.97 Å². The second-order valence-corrected chi connectivity index (χ2v) is 8.61. The number of aryl methyl sites for hydroxylation is 2. The van der Waals surface area contributed by atoms with Crippen molar-refractivity contribution in [1.82, 2.24) is 25.2 Å². The number of likely N-dealkylation sites (N-methyl/N-ethyl adjacent to an activating group) is 1. The van der Waals surface area contributed by atoms with Crippen LogP contribution in [0.3, 0.4) is 0 Å². The molecule has 1 amide bonds. The third-order valence-corrected chi connectivity index (χ3v) is 6.63. The van der Waals surface area contributed by atoms with Crippen LogP contribution in [-0.2, 0) is 6.42 Å². The molecule has 0 bridgehead atoms. The quantitative estimate of drug-likeness (QED) is 0.629. The summed E-state index contributed by atoms with van der Waals surface area (Å²) in [5, 5.41) is 13.4. The number of carbonyl (C=O) groups excluding carboxylic acids is 1. The number of rotatable bonds is 6. The lowest BCUT2D eigenvalue weighted by Crippen LogP contribution is -2.59. The van der Waals surface area contributed by atoms with Crippen molar-refractivity contribution in [2.45, 2.75) is 38.8 Å². The summed E-state index contributed by atoms with van der Waals surface area (Å²) in [6.45, 7) is 4.94. The van der Waals surface area contributed by atoms with Crippen LogP contribution >= 0.6 is 22.9 Å². The van der Waals surface area contributed by atoms with E-state index in [1.165, 1.54) is 11.3 Å². The van der Waals surface area contributed by atoms with Gasteiger partial charge in [-0.15, -0.1) is 0 Å². The zero-order valence-electron chi connectivity index (χ0n) is 16.8. The van der Waals surface area contributed by atoms with Gasteiger partial charge in [-0.2, -0.15) is 0 Å². The molecule has 1 aliphatic heterocycles. The highest BCUT2D eigenvalue weighted by Gasteiger charge is 2.34. The molecule has 3 N–H and O–H groups in total. The minimum absolute atomic E-state index is 0.0289. The van der Waals surface area contributed by atoms with Crippen LogP contribution in [0.25, 0.3) is 0 Å². The first-order chi connectivity index (χ1) is 13.7. The number of carboxylic acids is 1. The van der Waals surface area contributed by atoms with Crippen LogP contribution in [0.15, 0.2) is 0 Å². The molecule has 2 atom stereocenters. The Hall–Kier alpha value is -2.17. The van der Waals surface area contributed by atoms with Gasteiger partial charge < -0.3 is 25.2 Å². The van der Waals surface area contributed by atoms with Gasteiger partial charge in [-0.3, -0.25) is 4.79 Å². The van der Waals surface area contributed by atoms with Crippen molar-refractivity contribution < 1.29 is 14.7 Å². The zero-order chi connectivity index (χ0) is 21.3. The number of H-pyrrole nitrogens is 1. The fourth-order valence-electron chi connectivity index (χ4n) is 3.48. The molecule has 1 aliphatic rings. The molecule has 0 aliphatic carbocycles. The molecule has 11 heteroatoms. The fraction of sp³-hybridized carbons (Fsp3) is 0.556. The maximum Gasteiger partial charge on any atom is 0.347 e. The molecule has 2 aromatic heterocycles. The van der Waals surface area contributed by atoms with E-state index in [0.717, 1.165) is 5.69 Å². The summed E-state index contributed by atoms with van der Waals surface area (Å²) in [5.41, 5.74) is 1.26. The van der Waals surface area contributed by atoms with Gasteiger partial charge >= 0.3 is 5.97 Å². The lowest BCUT2D eigenvalue weighted by Gasteiger charge is -2.41. The van der Waals surface area contributed by atoms with Crippen LogP contribution in [0.4, 0.5) is 5.13 Å². The first-order valence-corrected chi connectivity index (χ1v) is 10.6. The Morgan fingerprint density at radius 2 is 2.14 bits per heavy atom. The van der Waals surface area contributed by atoms with Crippen molar-refractivity contribution in [3.8, 4) is 0 Å². The average molecular weight is 441 g/mol. The van der Waals surface area contributed by atoms with Gasteiger partial charge in [-0.1, -0.05) is 29.9 Å². The number of thiazole rings is 1. The molecular formula is C18H25ClN6O3S. The summed E-state index contributed by atoms with van der Waals surface area (Å²) >= 11 is 7.24. The topological polar surface area (TPSA) is 114 Å². The highest BCUT2D eigenvalue weighted by molar-refractivity contribution is 7.17. The molecule has 3 heterocycles. The largest absolute Gasteiger partial charge is 0.477 e. The van der Waals surface area contributed by atoms with E-state index in [4.69, 9.17) is 11.6 Å². The van der Waals surface area contributed by atoms with Crippen LogP contribution in [0.5, 0.6) is 0 Å². The van der Waals surface area contributed by atoms with Gasteiger partial charge in [-0.05, 0) is 33.9 Å². The highest BCUT2D eigenvalue weighted by Crippen LogP contribution is 2.29. The monoisotopic (exact) mass is 440 g/mol. The molecule has 0 saturated carbocycles. The molecular weight excluding hydrogens is 416 g/mol. The molecule has 29 heavy (non-hydrogen) atoms. The third-order valence-electron chi connectivity index (χ3n) is 5.11. The highest BCUT2D eigenvalue weighted by atomic mass is 35.5. The lowest BCUT2D eigenvalue weighted by molar-refractivity contribution is 0.0700. The minimum atomic E-state index is -0.957. The Morgan fingerprint density at radius 3 is 2.69 bits per heavy atom. The maximum absolute atomic E-state index is 12.7. The molecule has 9 nitrogen and oxygen atoms in total. The number of aromatic nitrogens is 3. The Labute approximate surface area is 178 Å². The summed E-state index contributed by atoms with van der Waals surface area (Å²) in [4.78, 5) is 39.9. The lowest BCUT2D eigenvalue weighted by atomic mass is 9.98. The number of piperidine rings is 1. The standard InChI is InChI=1S/C18H25ClN6O3S/c1-5-10-14(19)23-15(21-10)16(26)22-11-6-7-25(8-12(11)24(3)4)18-20-9(2)13(29-18)17(27)28/h11-12H,5-8H2,1-4H3,(H,21,23)(H,22,26)(H,27,28)/t11-,12+/m0/s1. The Bertz CT molecular complexity index is 912. The maximum atomic E-state index is 12.7. The number of amides is 1. The average Bonchev–Trinajstić information content (AvgIpc) is 3.24. The minimum Gasteiger partial charge on any atom is -0.477 e. The number of nitrogens with one attached hydrogen (secondary N) is 2. The predicted molar refractivity (Wildman–Crippen MR) is 112 cm³/mol. The number of anilines is 1. The molecule has 3 rings (SSSR count). The van der Waals surface area contributed by atoms with Gasteiger partial charge in [0.05, 0.1) is 11.4 Å². The molecule has 0 spiro atoms. The van der Waals surface area contributed by atoms with Crippen LogP contribution in [0, 0.1) is 6.92 Å². The second kappa shape index (κ2) is 8.68. The van der Waals surface area contributed by atoms with E-state index in [1.807, 2.05) is 21.0 Å². The van der Waals surface area contributed by atoms with E-state index in [0.29, 0.717) is 41.9 Å². The molecule has 2 aromatic rings. The Balaban J connectivity index is 1.72. The number of carboxylic acid groups (broad SMARTS) is 1. The molecule has 158 valence electrons. The van der Waals surface area contributed by atoms with Crippen molar-refractivity contribution in [3.63, 3.8) is 0 Å². The van der Waals surface area contributed by atoms with E-state index in [-0.39, 0.29) is 28.7 Å². The molecule has 0 radical (unpaired) electrons. The van der Waals surface area contributed by atoms with E-state index in [2.05, 4.69) is 30.1 Å². The second-order valence-electron chi connectivity index (χ2n) is 7.27. The molecule has 1 fully saturated rings. The zero-order valence-corrected chi connectivity index (χ0v) is 18.4. The van der Waals surface area contributed by atoms with Crippen LogP contribution in [-0.4, -0.2) is 76.1 Å². The smallest absolute Gasteiger partial charge is 0.347 e. The van der Waals surface area contributed by atoms with Crippen molar-refractivity contribution in [1.29, 1.82) is 0 Å². The van der Waals surface area contributed by atoms with Gasteiger partial charge in [0.1, 0.15) is 4.88 Å². The van der Waals surface area contributed by atoms with Gasteiger partial charge in [0.15, 0.2) is 16.1 Å². The number of halogens is 1. The number of carbonyl (C=O) groups is 2. The van der Waals surface area contributed by atoms with Crippen LogP contribution in [0.1, 0.15) is 45.0 Å². The fourth-order valence-corrected chi connectivity index (χ4v) is 4.69. The Morgan fingerprint density at radius 1 is 1.41 bits per heavy atom. The Kier molecular flexibility index (Phi) is 6.45. The van der Waals surface area contributed by atoms with Crippen molar-refractivity contribution in [3.05, 3.63) is 27.2 Å². The number of hydrogen-bond donors (Lipinski definition) is 3. The first kappa shape index (κ1) is 21.5. The van der Waals surface area contributed by atoms with E-state index >= 15 is 0 Å². The van der Waals surface area contributed by atoms with Gasteiger partial charge in [0.2, 0.25) is 0 Å². The number of aromatic carboxylic acids is 1. The number of aromatic amines is 1. The first-order valence-electron chi connectivity index (χ1n) is 9.38. The van der Waals surface area contributed by atoms with Crippen LogP contribution < -0.4 is 10.2 Å². The van der Waals surface area contributed by atoms with E-state index in [1.54, 1.807) is 6.92 Å². The third kappa shape index (κ3) is 4.54. The summed E-state index contributed by atoms with van der Waals surface area (Å²) < 4.78 is 0.